The van der Waals surface area contributed by atoms with Crippen LogP contribution in [0.4, 0.5) is 5.69 Å². The Morgan fingerprint density at radius 3 is 2.17 bits per heavy atom. The summed E-state index contributed by atoms with van der Waals surface area (Å²) in [5.74, 6) is 0.152. The fourth-order valence-electron chi connectivity index (χ4n) is 7.33. The number of esters is 1. The normalized spacial score (nSPS) is 27.7. The van der Waals surface area contributed by atoms with Crippen LogP contribution in [0.2, 0.25) is 0 Å². The lowest BCUT2D eigenvalue weighted by molar-refractivity contribution is -0.152. The van der Waals surface area contributed by atoms with Gasteiger partial charge in [0.2, 0.25) is 5.91 Å². The minimum absolute atomic E-state index is 0.0619. The van der Waals surface area contributed by atoms with Crippen molar-refractivity contribution in [3.8, 4) is 5.75 Å². The zero-order chi connectivity index (χ0) is 30.9. The second-order valence-corrected chi connectivity index (χ2v) is 16.0. The molecule has 1 amide bonds. The molecule has 0 aromatic heterocycles. The molecular formula is C34H52N2O5. The van der Waals surface area contributed by atoms with Crippen molar-refractivity contribution in [2.45, 2.75) is 119 Å². The van der Waals surface area contributed by atoms with Gasteiger partial charge in [-0.2, -0.15) is 0 Å². The summed E-state index contributed by atoms with van der Waals surface area (Å²) in [5.41, 5.74) is -0.360. The molecule has 3 heterocycles. The van der Waals surface area contributed by atoms with Gasteiger partial charge in [-0.1, -0.05) is 40.7 Å². The predicted octanol–water partition coefficient (Wildman–Crippen LogP) is 6.80. The Hall–Kier alpha value is -2.54. The number of carbonyl (C=O) groups is 2. The van der Waals surface area contributed by atoms with Crippen LogP contribution in [0.15, 0.2) is 29.5 Å². The highest BCUT2D eigenvalue weighted by atomic mass is 16.6. The van der Waals surface area contributed by atoms with Gasteiger partial charge in [-0.05, 0) is 96.7 Å². The maximum absolute atomic E-state index is 14.1. The van der Waals surface area contributed by atoms with E-state index in [9.17, 15) is 14.7 Å². The number of carbonyl (C=O) groups excluding carboxylic acids is 2. The molecule has 7 heteroatoms. The maximum atomic E-state index is 14.1. The molecule has 2 saturated heterocycles. The van der Waals surface area contributed by atoms with Gasteiger partial charge in [-0.25, -0.2) is 4.79 Å². The summed E-state index contributed by atoms with van der Waals surface area (Å²) in [6, 6.07) is 5.11. The molecule has 0 aliphatic carbocycles. The number of anilines is 1. The van der Waals surface area contributed by atoms with E-state index in [2.05, 4.69) is 44.8 Å². The van der Waals surface area contributed by atoms with E-state index in [0.717, 1.165) is 13.1 Å². The largest absolute Gasteiger partial charge is 0.508 e. The summed E-state index contributed by atoms with van der Waals surface area (Å²) in [6.07, 6.45) is 1.19. The van der Waals surface area contributed by atoms with Gasteiger partial charge in [0.05, 0.1) is 11.0 Å². The predicted molar refractivity (Wildman–Crippen MR) is 163 cm³/mol. The second-order valence-electron chi connectivity index (χ2n) is 16.0. The highest BCUT2D eigenvalue weighted by molar-refractivity contribution is 6.08. The van der Waals surface area contributed by atoms with Crippen molar-refractivity contribution in [3.05, 3.63) is 35.1 Å². The summed E-state index contributed by atoms with van der Waals surface area (Å²) in [5, 5.41) is 14.1. The molecule has 0 unspecified atom stereocenters. The first-order chi connectivity index (χ1) is 18.6. The van der Waals surface area contributed by atoms with Gasteiger partial charge in [-0.3, -0.25) is 9.69 Å². The van der Waals surface area contributed by atoms with Gasteiger partial charge in [0.15, 0.2) is 0 Å². The zero-order valence-corrected chi connectivity index (χ0v) is 27.3. The van der Waals surface area contributed by atoms with Crippen LogP contribution >= 0.6 is 0 Å². The lowest BCUT2D eigenvalue weighted by atomic mass is 9.55. The molecule has 4 rings (SSSR count). The summed E-state index contributed by atoms with van der Waals surface area (Å²) < 4.78 is 12.5. The molecule has 0 radical (unpaired) electrons. The Bertz CT molecular complexity index is 1240. The van der Waals surface area contributed by atoms with E-state index < -0.39 is 16.6 Å². The standard InChI is InChI=1S/C34H52N2O5/c1-20(40-31(5,6)7)26(28(38)41-32(8,9)10)21-18-25-34(27-23(35-29(34)39)14-13-15-24(27)37)16-17-36(25)19-22(21)33(11,12)30(2,3)4/h13-15,21-22,25,37H,16-19H2,1-12H3,(H,35,39)/t21-,22-,25+,34+/m0/s1. The lowest BCUT2D eigenvalue weighted by Crippen LogP contribution is -2.58. The molecule has 7 nitrogen and oxygen atoms in total. The van der Waals surface area contributed by atoms with E-state index in [0.29, 0.717) is 35.4 Å². The number of amides is 1. The molecule has 1 aromatic rings. The minimum Gasteiger partial charge on any atom is -0.508 e. The van der Waals surface area contributed by atoms with Gasteiger partial charge in [0.25, 0.3) is 0 Å². The van der Waals surface area contributed by atoms with Crippen LogP contribution in [0.3, 0.4) is 0 Å². The average molecular weight is 569 g/mol. The number of nitrogens with zero attached hydrogens (tertiary/aromatic N) is 1. The highest BCUT2D eigenvalue weighted by Gasteiger charge is 2.63. The Labute approximate surface area is 247 Å². The smallest absolute Gasteiger partial charge is 0.338 e. The van der Waals surface area contributed by atoms with E-state index in [1.807, 2.05) is 54.5 Å². The van der Waals surface area contributed by atoms with Crippen molar-refractivity contribution in [2.75, 3.05) is 18.4 Å². The molecule has 228 valence electrons. The van der Waals surface area contributed by atoms with Gasteiger partial charge in [-0.15, -0.1) is 0 Å². The average Bonchev–Trinajstić information content (AvgIpc) is 3.29. The first-order valence-corrected chi connectivity index (χ1v) is 15.1. The summed E-state index contributed by atoms with van der Waals surface area (Å²) in [7, 11) is 0. The van der Waals surface area contributed by atoms with Crippen LogP contribution in [0.25, 0.3) is 0 Å². The number of nitrogens with one attached hydrogen (secondary N) is 1. The van der Waals surface area contributed by atoms with Gasteiger partial charge in [0.1, 0.15) is 22.7 Å². The molecule has 41 heavy (non-hydrogen) atoms. The van der Waals surface area contributed by atoms with E-state index in [1.54, 1.807) is 12.1 Å². The first-order valence-electron chi connectivity index (χ1n) is 15.1. The third-order valence-corrected chi connectivity index (χ3v) is 10.0. The Morgan fingerprint density at radius 2 is 1.61 bits per heavy atom. The highest BCUT2D eigenvalue weighted by Crippen LogP contribution is 2.59. The summed E-state index contributed by atoms with van der Waals surface area (Å²) in [6.45, 7) is 26.3. The van der Waals surface area contributed by atoms with Crippen LogP contribution in [-0.2, 0) is 24.5 Å². The lowest BCUT2D eigenvalue weighted by Gasteiger charge is -2.54. The van der Waals surface area contributed by atoms with Gasteiger partial charge < -0.3 is 19.9 Å². The number of rotatable bonds is 4. The van der Waals surface area contributed by atoms with Gasteiger partial charge in [0, 0.05) is 29.8 Å². The van der Waals surface area contributed by atoms with Crippen molar-refractivity contribution in [1.82, 2.24) is 4.90 Å². The van der Waals surface area contributed by atoms with Crippen LogP contribution < -0.4 is 5.32 Å². The molecule has 1 spiro atoms. The number of phenols is 1. The van der Waals surface area contributed by atoms with Crippen molar-refractivity contribution in [1.29, 1.82) is 0 Å². The van der Waals surface area contributed by atoms with Gasteiger partial charge >= 0.3 is 5.97 Å². The van der Waals surface area contributed by atoms with Crippen molar-refractivity contribution >= 4 is 17.6 Å². The molecular weight excluding hydrogens is 516 g/mol. The monoisotopic (exact) mass is 568 g/mol. The Balaban J connectivity index is 1.91. The molecule has 3 aliphatic rings. The fourth-order valence-corrected chi connectivity index (χ4v) is 7.33. The number of aromatic hydroxyl groups is 1. The van der Waals surface area contributed by atoms with Crippen molar-refractivity contribution in [3.63, 3.8) is 0 Å². The third kappa shape index (κ3) is 5.51. The fraction of sp³-hybridized carbons (Fsp3) is 0.706. The van der Waals surface area contributed by atoms with Crippen LogP contribution in [0.5, 0.6) is 5.75 Å². The number of allylic oxidation sites excluding steroid dienone is 1. The maximum Gasteiger partial charge on any atom is 0.338 e. The number of hydrogen-bond acceptors (Lipinski definition) is 6. The second kappa shape index (κ2) is 10.0. The van der Waals surface area contributed by atoms with Crippen LogP contribution in [-0.4, -0.2) is 52.2 Å². The summed E-state index contributed by atoms with van der Waals surface area (Å²) in [4.78, 5) is 30.4. The van der Waals surface area contributed by atoms with Crippen molar-refractivity contribution in [2.24, 2.45) is 22.7 Å². The Kier molecular flexibility index (Phi) is 7.68. The topological polar surface area (TPSA) is 88.1 Å². The molecule has 3 aliphatic heterocycles. The molecule has 4 atom stereocenters. The first kappa shape index (κ1) is 31.4. The van der Waals surface area contributed by atoms with Crippen molar-refractivity contribution < 1.29 is 24.2 Å². The molecule has 0 bridgehead atoms. The number of fused-ring (bicyclic) bond motifs is 4. The van der Waals surface area contributed by atoms with E-state index in [1.165, 1.54) is 0 Å². The van der Waals surface area contributed by atoms with E-state index >= 15 is 0 Å². The zero-order valence-electron chi connectivity index (χ0n) is 27.3. The number of ether oxygens (including phenoxy) is 2. The summed E-state index contributed by atoms with van der Waals surface area (Å²) >= 11 is 0. The molecule has 2 fully saturated rings. The SMILES string of the molecule is CC(OC(C)(C)C)=C(C(=O)OC(C)(C)C)[C@H]1C[C@H]2N(CC[C@@]23C(=O)Nc2cccc(O)c23)C[C@@H]1C(C)(C)C(C)(C)C. The number of piperidine rings is 1. The number of phenolic OH excluding ortho intramolecular Hbond substituents is 1. The Morgan fingerprint density at radius 1 is 1.00 bits per heavy atom. The molecule has 1 aromatic carbocycles. The van der Waals surface area contributed by atoms with E-state index in [4.69, 9.17) is 9.47 Å². The van der Waals surface area contributed by atoms with E-state index in [-0.39, 0.29) is 46.3 Å². The molecule has 2 N–H and O–H groups in total. The quantitative estimate of drug-likeness (QED) is 0.236. The third-order valence-electron chi connectivity index (χ3n) is 10.0. The minimum atomic E-state index is -0.881. The number of benzene rings is 1. The molecule has 0 saturated carbocycles. The van der Waals surface area contributed by atoms with Crippen LogP contribution in [0.1, 0.15) is 101 Å². The number of hydrogen-bond donors (Lipinski definition) is 2. The van der Waals surface area contributed by atoms with Crippen LogP contribution in [0, 0.1) is 22.7 Å².